The van der Waals surface area contributed by atoms with Crippen LogP contribution < -0.4 is 16.6 Å². The minimum atomic E-state index is -0.433. The van der Waals surface area contributed by atoms with Crippen LogP contribution in [0.5, 0.6) is 0 Å². The van der Waals surface area contributed by atoms with Crippen LogP contribution in [0.3, 0.4) is 0 Å². The van der Waals surface area contributed by atoms with Crippen LogP contribution in [-0.2, 0) is 4.79 Å². The van der Waals surface area contributed by atoms with Crippen molar-refractivity contribution in [3.63, 3.8) is 0 Å². The zero-order valence-electron chi connectivity index (χ0n) is 21.8. The van der Waals surface area contributed by atoms with Gasteiger partial charge in [-0.1, -0.05) is 38.1 Å². The molecule has 2 aromatic carbocycles. The number of aromatic nitrogens is 6. The van der Waals surface area contributed by atoms with Crippen LogP contribution in [0.2, 0.25) is 0 Å². The number of hydrogen-bond acceptors (Lipinski definition) is 7. The van der Waals surface area contributed by atoms with Crippen LogP contribution in [0.4, 0.5) is 11.5 Å². The first-order chi connectivity index (χ1) is 18.3. The van der Waals surface area contributed by atoms with E-state index < -0.39 is 6.04 Å². The van der Waals surface area contributed by atoms with Crippen LogP contribution in [0.25, 0.3) is 33.2 Å². The molecule has 10 nitrogen and oxygen atoms in total. The second-order valence-corrected chi connectivity index (χ2v) is 9.32. The van der Waals surface area contributed by atoms with E-state index in [4.69, 9.17) is 15.8 Å². The molecular formula is C28H30N8O2. The first-order valence-electron chi connectivity index (χ1n) is 12.7. The third kappa shape index (κ3) is 4.27. The summed E-state index contributed by atoms with van der Waals surface area (Å²) in [5, 5.41) is 8.92. The van der Waals surface area contributed by atoms with Gasteiger partial charge in [0.05, 0.1) is 16.3 Å². The van der Waals surface area contributed by atoms with E-state index in [2.05, 4.69) is 29.1 Å². The van der Waals surface area contributed by atoms with Crippen LogP contribution in [0, 0.1) is 0 Å². The number of benzene rings is 2. The molecule has 1 unspecified atom stereocenters. The number of nitrogens with one attached hydrogen (secondary N) is 1. The van der Waals surface area contributed by atoms with Gasteiger partial charge in [-0.05, 0) is 44.0 Å². The quantitative estimate of drug-likeness (QED) is 0.324. The molecular weight excluding hydrogens is 480 g/mol. The first kappa shape index (κ1) is 25.1. The molecule has 10 heteroatoms. The molecule has 0 saturated carbocycles. The average molecular weight is 511 g/mol. The summed E-state index contributed by atoms with van der Waals surface area (Å²) in [4.78, 5) is 38.9. The third-order valence-corrected chi connectivity index (χ3v) is 6.88. The molecule has 3 heterocycles. The molecule has 0 saturated heterocycles. The number of nitrogens with zero attached hydrogens (tertiary/aromatic N) is 6. The largest absolute Gasteiger partial charge is 0.383 e. The maximum Gasteiger partial charge on any atom is 0.261 e. The first-order valence-corrected chi connectivity index (χ1v) is 12.7. The van der Waals surface area contributed by atoms with Gasteiger partial charge in [-0.15, -0.1) is 0 Å². The molecule has 1 atom stereocenters. The van der Waals surface area contributed by atoms with Crippen molar-refractivity contribution in [1.29, 1.82) is 0 Å². The minimum absolute atomic E-state index is 0.0145. The molecule has 38 heavy (non-hydrogen) atoms. The monoisotopic (exact) mass is 510 g/mol. The zero-order valence-corrected chi connectivity index (χ0v) is 21.8. The number of nitrogen functional groups attached to an aromatic ring is 1. The maximum atomic E-state index is 13.7. The van der Waals surface area contributed by atoms with Gasteiger partial charge in [0.1, 0.15) is 29.7 Å². The third-order valence-electron chi connectivity index (χ3n) is 6.88. The molecule has 0 aliphatic carbocycles. The second-order valence-electron chi connectivity index (χ2n) is 9.32. The van der Waals surface area contributed by atoms with Crippen molar-refractivity contribution >= 4 is 39.3 Å². The van der Waals surface area contributed by atoms with Crippen LogP contribution in [0.15, 0.2) is 59.7 Å². The fourth-order valence-corrected chi connectivity index (χ4v) is 4.96. The van der Waals surface area contributed by atoms with E-state index >= 15 is 0 Å². The number of fused-ring (bicyclic) bond motifs is 2. The predicted octanol–water partition coefficient (Wildman–Crippen LogP) is 4.71. The molecule has 3 N–H and O–H groups in total. The number of hydrogen-bond donors (Lipinski definition) is 2. The highest BCUT2D eigenvalue weighted by atomic mass is 16.1. The van der Waals surface area contributed by atoms with Gasteiger partial charge in [-0.25, -0.2) is 19.6 Å². The molecule has 0 bridgehead atoms. The Morgan fingerprint density at radius 2 is 1.76 bits per heavy atom. The molecule has 0 radical (unpaired) electrons. The molecule has 0 aliphatic rings. The van der Waals surface area contributed by atoms with Crippen LogP contribution in [0.1, 0.15) is 58.4 Å². The molecule has 0 spiro atoms. The van der Waals surface area contributed by atoms with Gasteiger partial charge < -0.3 is 11.1 Å². The van der Waals surface area contributed by atoms with Crippen molar-refractivity contribution in [2.24, 2.45) is 0 Å². The van der Waals surface area contributed by atoms with Crippen molar-refractivity contribution in [3.05, 3.63) is 71.0 Å². The number of anilines is 2. The number of carbonyl (C=O) groups excluding carboxylic acids is 1. The summed E-state index contributed by atoms with van der Waals surface area (Å²) in [7, 11) is 0. The minimum Gasteiger partial charge on any atom is -0.383 e. The molecule has 1 amide bonds. The summed E-state index contributed by atoms with van der Waals surface area (Å²) in [6, 6.07) is 14.3. The average Bonchev–Trinajstić information content (AvgIpc) is 3.31. The second kappa shape index (κ2) is 10.0. The number of rotatable bonds is 7. The van der Waals surface area contributed by atoms with E-state index in [1.165, 1.54) is 13.3 Å². The smallest absolute Gasteiger partial charge is 0.261 e. The van der Waals surface area contributed by atoms with E-state index in [-0.39, 0.29) is 17.5 Å². The fourth-order valence-electron chi connectivity index (χ4n) is 4.96. The zero-order chi connectivity index (χ0) is 27.0. The van der Waals surface area contributed by atoms with E-state index in [9.17, 15) is 9.59 Å². The maximum absolute atomic E-state index is 13.7. The van der Waals surface area contributed by atoms with Gasteiger partial charge in [-0.3, -0.25) is 14.2 Å². The van der Waals surface area contributed by atoms with E-state index in [1.54, 1.807) is 16.8 Å². The Morgan fingerprint density at radius 3 is 2.45 bits per heavy atom. The van der Waals surface area contributed by atoms with Gasteiger partial charge >= 0.3 is 0 Å². The highest BCUT2D eigenvalue weighted by molar-refractivity contribution is 5.98. The number of nitrogens with two attached hydrogens (primary N) is 1. The Kier molecular flexibility index (Phi) is 6.62. The van der Waals surface area contributed by atoms with Gasteiger partial charge in [-0.2, -0.15) is 5.10 Å². The topological polar surface area (TPSA) is 134 Å². The predicted molar refractivity (Wildman–Crippen MR) is 149 cm³/mol. The summed E-state index contributed by atoms with van der Waals surface area (Å²) >= 11 is 0. The lowest BCUT2D eigenvalue weighted by Crippen LogP contribution is -2.31. The number of para-hydroxylation sites is 1. The van der Waals surface area contributed by atoms with Gasteiger partial charge in [0, 0.05) is 24.2 Å². The lowest BCUT2D eigenvalue weighted by Gasteiger charge is -2.24. The lowest BCUT2D eigenvalue weighted by atomic mass is 10.1. The van der Waals surface area contributed by atoms with E-state index in [0.29, 0.717) is 45.0 Å². The van der Waals surface area contributed by atoms with Crippen molar-refractivity contribution in [2.75, 3.05) is 11.1 Å². The van der Waals surface area contributed by atoms with Crippen LogP contribution in [-0.4, -0.2) is 35.2 Å². The Hall–Kier alpha value is -4.60. The normalized spacial score (nSPS) is 12.3. The molecule has 5 rings (SSSR count). The Bertz CT molecular complexity index is 1700. The summed E-state index contributed by atoms with van der Waals surface area (Å²) in [5.41, 5.74) is 9.53. The fraction of sp³-hybridized carbons (Fsp3) is 0.286. The van der Waals surface area contributed by atoms with Crippen molar-refractivity contribution in [2.45, 2.75) is 52.6 Å². The van der Waals surface area contributed by atoms with E-state index in [1.807, 2.05) is 47.9 Å². The summed E-state index contributed by atoms with van der Waals surface area (Å²) < 4.78 is 3.58. The van der Waals surface area contributed by atoms with Crippen molar-refractivity contribution in [1.82, 2.24) is 29.3 Å². The summed E-state index contributed by atoms with van der Waals surface area (Å²) in [5.74, 6) is 0.764. The molecule has 0 fully saturated rings. The lowest BCUT2D eigenvalue weighted by molar-refractivity contribution is -0.114. The number of amides is 1. The van der Waals surface area contributed by atoms with Crippen molar-refractivity contribution in [3.8, 4) is 11.3 Å². The molecule has 194 valence electrons. The molecule has 0 aliphatic heterocycles. The van der Waals surface area contributed by atoms with Crippen molar-refractivity contribution < 1.29 is 4.79 Å². The summed E-state index contributed by atoms with van der Waals surface area (Å²) in [6.45, 7) is 7.57. The summed E-state index contributed by atoms with van der Waals surface area (Å²) in [6.07, 6.45) is 2.99. The van der Waals surface area contributed by atoms with Gasteiger partial charge in [0.2, 0.25) is 5.91 Å². The van der Waals surface area contributed by atoms with Crippen LogP contribution >= 0.6 is 0 Å². The standard InChI is InChI=1S/C28H30N8O2/c1-5-20(6-2)35-26(33-22-10-8-7-9-21(22)28(35)38)16(3)36-27-23(25(29)30-15-31-27)24(34-36)18-11-13-19(14-12-18)32-17(4)37/h7-16,20H,5-6H2,1-4H3,(H,32,37)(H2,29,30,31). The Labute approximate surface area is 219 Å². The Balaban J connectivity index is 1.72. The Morgan fingerprint density at radius 1 is 1.05 bits per heavy atom. The number of carbonyl (C=O) groups is 1. The van der Waals surface area contributed by atoms with Gasteiger partial charge in [0.15, 0.2) is 5.65 Å². The highest BCUT2D eigenvalue weighted by Crippen LogP contribution is 2.34. The molecule has 3 aromatic heterocycles. The SMILES string of the molecule is CCC(CC)n1c(C(C)n2nc(-c3ccc(NC(C)=O)cc3)c3c(N)ncnc32)nc2ccccc2c1=O. The van der Waals surface area contributed by atoms with Gasteiger partial charge in [0.25, 0.3) is 5.56 Å². The van der Waals surface area contributed by atoms with E-state index in [0.717, 1.165) is 18.4 Å². The highest BCUT2D eigenvalue weighted by Gasteiger charge is 2.26. The molecule has 5 aromatic rings.